The van der Waals surface area contributed by atoms with E-state index >= 15 is 0 Å². The van der Waals surface area contributed by atoms with Crippen LogP contribution in [0.15, 0.2) is 42.6 Å². The third-order valence-electron chi connectivity index (χ3n) is 2.85. The minimum Gasteiger partial charge on any atom is -0.491 e. The van der Waals surface area contributed by atoms with Gasteiger partial charge in [0.2, 0.25) is 0 Å². The first-order valence-corrected chi connectivity index (χ1v) is 6.43. The number of ether oxygens (including phenoxy) is 1. The molecule has 0 bridgehead atoms. The van der Waals surface area contributed by atoms with E-state index in [1.165, 1.54) is 0 Å². The second-order valence-electron chi connectivity index (χ2n) is 4.43. The molecule has 0 aliphatic heterocycles. The van der Waals surface area contributed by atoms with Crippen LogP contribution in [0.3, 0.4) is 0 Å². The third-order valence-corrected chi connectivity index (χ3v) is 2.85. The molecule has 1 aromatic heterocycles. The van der Waals surface area contributed by atoms with Crippen molar-refractivity contribution >= 4 is 17.2 Å². The van der Waals surface area contributed by atoms with Crippen LogP contribution < -0.4 is 15.8 Å². The number of aromatic nitrogens is 1. The van der Waals surface area contributed by atoms with Crippen LogP contribution in [-0.4, -0.2) is 11.1 Å². The summed E-state index contributed by atoms with van der Waals surface area (Å²) < 4.78 is 5.78. The Bertz CT molecular complexity index is 542. The number of benzene rings is 1. The molecular formula is C15H19N3O. The summed E-state index contributed by atoms with van der Waals surface area (Å²) >= 11 is 0. The van der Waals surface area contributed by atoms with Gasteiger partial charge >= 0.3 is 0 Å². The molecule has 4 heteroatoms. The molecule has 0 spiro atoms. The van der Waals surface area contributed by atoms with Gasteiger partial charge < -0.3 is 15.8 Å². The van der Waals surface area contributed by atoms with Gasteiger partial charge in [0.1, 0.15) is 5.75 Å². The molecule has 0 radical (unpaired) electrons. The summed E-state index contributed by atoms with van der Waals surface area (Å²) in [4.78, 5) is 4.20. The van der Waals surface area contributed by atoms with Gasteiger partial charge in [-0.05, 0) is 37.6 Å². The number of nitrogens with zero attached hydrogens (tertiary/aromatic N) is 1. The first kappa shape index (κ1) is 13.2. The molecule has 0 saturated heterocycles. The molecule has 1 aromatic carbocycles. The van der Waals surface area contributed by atoms with Crippen molar-refractivity contribution in [2.75, 3.05) is 11.1 Å². The molecule has 100 valence electrons. The van der Waals surface area contributed by atoms with Crippen LogP contribution in [0, 0.1) is 0 Å². The summed E-state index contributed by atoms with van der Waals surface area (Å²) in [6, 6.07) is 11.4. The van der Waals surface area contributed by atoms with Crippen molar-refractivity contribution < 1.29 is 4.74 Å². The monoisotopic (exact) mass is 257 g/mol. The summed E-state index contributed by atoms with van der Waals surface area (Å²) in [6.45, 7) is 4.15. The van der Waals surface area contributed by atoms with Crippen molar-refractivity contribution in [1.29, 1.82) is 0 Å². The molecule has 3 N–H and O–H groups in total. The van der Waals surface area contributed by atoms with E-state index in [-0.39, 0.29) is 6.10 Å². The maximum atomic E-state index is 5.85. The van der Waals surface area contributed by atoms with Gasteiger partial charge in [-0.1, -0.05) is 13.0 Å². The second-order valence-corrected chi connectivity index (χ2v) is 4.43. The van der Waals surface area contributed by atoms with Gasteiger partial charge in [0.25, 0.3) is 0 Å². The van der Waals surface area contributed by atoms with E-state index in [4.69, 9.17) is 10.5 Å². The summed E-state index contributed by atoms with van der Waals surface area (Å²) in [7, 11) is 0. The van der Waals surface area contributed by atoms with Gasteiger partial charge in [0.05, 0.1) is 11.8 Å². The summed E-state index contributed by atoms with van der Waals surface area (Å²) in [5.41, 5.74) is 7.38. The van der Waals surface area contributed by atoms with Crippen molar-refractivity contribution in [3.05, 3.63) is 42.6 Å². The van der Waals surface area contributed by atoms with Gasteiger partial charge in [0, 0.05) is 18.0 Å². The third kappa shape index (κ3) is 3.61. The number of pyridine rings is 1. The topological polar surface area (TPSA) is 60.2 Å². The van der Waals surface area contributed by atoms with Crippen molar-refractivity contribution in [3.8, 4) is 5.75 Å². The highest BCUT2D eigenvalue weighted by Crippen LogP contribution is 2.24. The van der Waals surface area contributed by atoms with E-state index in [2.05, 4.69) is 24.1 Å². The van der Waals surface area contributed by atoms with Gasteiger partial charge in [-0.25, -0.2) is 4.98 Å². The van der Waals surface area contributed by atoms with Crippen molar-refractivity contribution in [2.24, 2.45) is 0 Å². The van der Waals surface area contributed by atoms with E-state index in [9.17, 15) is 0 Å². The smallest absolute Gasteiger partial charge is 0.153 e. The Morgan fingerprint density at radius 3 is 2.89 bits per heavy atom. The zero-order chi connectivity index (χ0) is 13.7. The second kappa shape index (κ2) is 6.09. The van der Waals surface area contributed by atoms with Gasteiger partial charge in [0.15, 0.2) is 5.82 Å². The molecular weight excluding hydrogens is 238 g/mol. The zero-order valence-corrected chi connectivity index (χ0v) is 11.3. The zero-order valence-electron chi connectivity index (χ0n) is 11.3. The normalized spacial score (nSPS) is 11.9. The van der Waals surface area contributed by atoms with Gasteiger partial charge in [-0.15, -0.1) is 0 Å². The van der Waals surface area contributed by atoms with Crippen LogP contribution >= 0.6 is 0 Å². The average Bonchev–Trinajstić information content (AvgIpc) is 2.42. The molecule has 0 fully saturated rings. The van der Waals surface area contributed by atoms with Gasteiger partial charge in [-0.3, -0.25) is 0 Å². The van der Waals surface area contributed by atoms with Crippen LogP contribution in [-0.2, 0) is 0 Å². The van der Waals surface area contributed by atoms with Crippen LogP contribution in [0.1, 0.15) is 20.3 Å². The fraction of sp³-hybridized carbons (Fsp3) is 0.267. The number of nitrogens with one attached hydrogen (secondary N) is 1. The molecule has 0 aliphatic carbocycles. The minimum absolute atomic E-state index is 0.204. The van der Waals surface area contributed by atoms with E-state index in [0.29, 0.717) is 11.5 Å². The van der Waals surface area contributed by atoms with E-state index < -0.39 is 0 Å². The van der Waals surface area contributed by atoms with E-state index in [0.717, 1.165) is 17.9 Å². The highest BCUT2D eigenvalue weighted by molar-refractivity contribution is 5.68. The number of nitrogen functional groups attached to an aromatic ring is 1. The minimum atomic E-state index is 0.204. The molecule has 4 nitrogen and oxygen atoms in total. The molecule has 0 saturated carbocycles. The quantitative estimate of drug-likeness (QED) is 0.859. The summed E-state index contributed by atoms with van der Waals surface area (Å²) in [5.74, 6) is 1.50. The SMILES string of the molecule is CCC(C)Oc1cccc(Nc2ncccc2N)c1. The number of hydrogen-bond acceptors (Lipinski definition) is 4. The van der Waals surface area contributed by atoms with Crippen LogP contribution in [0.5, 0.6) is 5.75 Å². The Kier molecular flexibility index (Phi) is 4.23. The highest BCUT2D eigenvalue weighted by Gasteiger charge is 2.04. The average molecular weight is 257 g/mol. The Morgan fingerprint density at radius 2 is 2.16 bits per heavy atom. The van der Waals surface area contributed by atoms with Crippen molar-refractivity contribution in [2.45, 2.75) is 26.4 Å². The van der Waals surface area contributed by atoms with Crippen molar-refractivity contribution in [3.63, 3.8) is 0 Å². The molecule has 1 unspecified atom stereocenters. The lowest BCUT2D eigenvalue weighted by Gasteiger charge is -2.14. The number of anilines is 3. The number of rotatable bonds is 5. The highest BCUT2D eigenvalue weighted by atomic mass is 16.5. The molecule has 2 rings (SSSR count). The van der Waals surface area contributed by atoms with E-state index in [1.807, 2.05) is 36.4 Å². The lowest BCUT2D eigenvalue weighted by atomic mass is 10.2. The fourth-order valence-electron chi connectivity index (χ4n) is 1.62. The summed E-state index contributed by atoms with van der Waals surface area (Å²) in [5, 5.41) is 3.19. The Balaban J connectivity index is 2.13. The van der Waals surface area contributed by atoms with Crippen molar-refractivity contribution in [1.82, 2.24) is 4.98 Å². The molecule has 0 amide bonds. The number of nitrogens with two attached hydrogens (primary N) is 1. The predicted octanol–water partition coefficient (Wildman–Crippen LogP) is 3.58. The lowest BCUT2D eigenvalue weighted by molar-refractivity contribution is 0.217. The maximum Gasteiger partial charge on any atom is 0.153 e. The molecule has 19 heavy (non-hydrogen) atoms. The molecule has 0 aliphatic rings. The van der Waals surface area contributed by atoms with Crippen LogP contribution in [0.25, 0.3) is 0 Å². The fourth-order valence-corrected chi connectivity index (χ4v) is 1.62. The van der Waals surface area contributed by atoms with E-state index in [1.54, 1.807) is 6.20 Å². The largest absolute Gasteiger partial charge is 0.491 e. The predicted molar refractivity (Wildman–Crippen MR) is 78.8 cm³/mol. The Morgan fingerprint density at radius 1 is 1.32 bits per heavy atom. The molecule has 2 aromatic rings. The van der Waals surface area contributed by atoms with Crippen LogP contribution in [0.2, 0.25) is 0 Å². The summed E-state index contributed by atoms with van der Waals surface area (Å²) in [6.07, 6.45) is 2.89. The Labute approximate surface area is 113 Å². The number of hydrogen-bond donors (Lipinski definition) is 2. The first-order chi connectivity index (χ1) is 9.19. The maximum absolute atomic E-state index is 5.85. The molecule has 1 heterocycles. The first-order valence-electron chi connectivity index (χ1n) is 6.43. The molecule has 1 atom stereocenters. The Hall–Kier alpha value is -2.23. The van der Waals surface area contributed by atoms with Crippen LogP contribution in [0.4, 0.5) is 17.2 Å². The lowest BCUT2D eigenvalue weighted by Crippen LogP contribution is -2.09. The van der Waals surface area contributed by atoms with Gasteiger partial charge in [-0.2, -0.15) is 0 Å². The standard InChI is InChI=1S/C15H19N3O/c1-3-11(2)19-13-7-4-6-12(10-13)18-15-14(16)8-5-9-17-15/h4-11H,3,16H2,1-2H3,(H,17,18).